The highest BCUT2D eigenvalue weighted by atomic mass is 16.6. The summed E-state index contributed by atoms with van der Waals surface area (Å²) in [4.78, 5) is 22.5. The Balaban J connectivity index is 3.08. The molecule has 13 heavy (non-hydrogen) atoms. The molecule has 8 nitrogen and oxygen atoms in total. The van der Waals surface area contributed by atoms with Crippen LogP contribution < -0.4 is 0 Å². The van der Waals surface area contributed by atoms with Crippen molar-refractivity contribution in [1.29, 1.82) is 0 Å². The van der Waals surface area contributed by atoms with Crippen molar-refractivity contribution < 1.29 is 9.85 Å². The lowest BCUT2D eigenvalue weighted by atomic mass is 10.4. The average molecular weight is 186 g/mol. The van der Waals surface area contributed by atoms with Crippen LogP contribution in [0.1, 0.15) is 5.69 Å². The molecule has 0 aliphatic carbocycles. The molecule has 0 bridgehead atoms. The van der Waals surface area contributed by atoms with Crippen LogP contribution in [-0.4, -0.2) is 19.4 Å². The van der Waals surface area contributed by atoms with Crippen LogP contribution in [0.15, 0.2) is 6.33 Å². The summed E-state index contributed by atoms with van der Waals surface area (Å²) in [6.45, 7) is -0.590. The highest BCUT2D eigenvalue weighted by Crippen LogP contribution is 2.15. The topological polar surface area (TPSA) is 104 Å². The molecule has 1 rings (SSSR count). The molecular weight excluding hydrogens is 180 g/mol. The molecule has 1 heterocycles. The Morgan fingerprint density at radius 3 is 2.62 bits per heavy atom. The van der Waals surface area contributed by atoms with Gasteiger partial charge in [-0.2, -0.15) is 0 Å². The number of hydrogen-bond donors (Lipinski definition) is 0. The van der Waals surface area contributed by atoms with Crippen LogP contribution in [0.5, 0.6) is 0 Å². The van der Waals surface area contributed by atoms with E-state index in [1.165, 1.54) is 17.9 Å². The van der Waals surface area contributed by atoms with E-state index in [4.69, 9.17) is 0 Å². The minimum Gasteiger partial charge on any atom is -0.358 e. The SMILES string of the molecule is Cn1cnc([N+](=O)[O-])c1C[N+](=O)[O-]. The lowest BCUT2D eigenvalue weighted by Crippen LogP contribution is -2.06. The van der Waals surface area contributed by atoms with Crippen molar-refractivity contribution in [2.24, 2.45) is 7.05 Å². The fourth-order valence-corrected chi connectivity index (χ4v) is 0.900. The van der Waals surface area contributed by atoms with Crippen LogP contribution in [0.4, 0.5) is 5.82 Å². The number of nitrogens with zero attached hydrogens (tertiary/aromatic N) is 4. The number of rotatable bonds is 3. The minimum atomic E-state index is -0.737. The van der Waals surface area contributed by atoms with Crippen LogP contribution in [0.2, 0.25) is 0 Å². The van der Waals surface area contributed by atoms with Crippen molar-refractivity contribution in [2.75, 3.05) is 0 Å². The average Bonchev–Trinajstić information content (AvgIpc) is 2.32. The number of hydrogen-bond acceptors (Lipinski definition) is 5. The number of aromatic nitrogens is 2. The van der Waals surface area contributed by atoms with Gasteiger partial charge in [-0.1, -0.05) is 0 Å². The largest absolute Gasteiger partial charge is 0.391 e. The second-order valence-electron chi connectivity index (χ2n) is 2.37. The Morgan fingerprint density at radius 2 is 2.15 bits per heavy atom. The Bertz CT molecular complexity index is 357. The van der Waals surface area contributed by atoms with Crippen LogP contribution in [0, 0.1) is 20.2 Å². The van der Waals surface area contributed by atoms with E-state index < -0.39 is 22.2 Å². The third-order valence-corrected chi connectivity index (χ3v) is 1.49. The smallest absolute Gasteiger partial charge is 0.358 e. The molecule has 1 aromatic heterocycles. The zero-order chi connectivity index (χ0) is 10.0. The Morgan fingerprint density at radius 1 is 1.54 bits per heavy atom. The summed E-state index contributed by atoms with van der Waals surface area (Å²) in [6.07, 6.45) is 1.18. The van der Waals surface area contributed by atoms with Gasteiger partial charge in [0, 0.05) is 12.0 Å². The van der Waals surface area contributed by atoms with E-state index in [-0.39, 0.29) is 5.69 Å². The molecule has 0 spiro atoms. The Hall–Kier alpha value is -1.99. The van der Waals surface area contributed by atoms with E-state index >= 15 is 0 Å². The predicted octanol–water partition coefficient (Wildman–Crippen LogP) is 0.105. The van der Waals surface area contributed by atoms with E-state index in [2.05, 4.69) is 4.98 Å². The van der Waals surface area contributed by atoms with E-state index in [9.17, 15) is 20.2 Å². The Kier molecular flexibility index (Phi) is 2.22. The van der Waals surface area contributed by atoms with E-state index in [0.717, 1.165) is 0 Å². The maximum atomic E-state index is 10.3. The molecule has 0 saturated carbocycles. The molecule has 0 fully saturated rings. The molecule has 0 aliphatic heterocycles. The first-order chi connectivity index (χ1) is 6.02. The highest BCUT2D eigenvalue weighted by Gasteiger charge is 2.23. The second kappa shape index (κ2) is 3.17. The molecule has 70 valence electrons. The first kappa shape index (κ1) is 9.10. The van der Waals surface area contributed by atoms with Gasteiger partial charge >= 0.3 is 5.82 Å². The van der Waals surface area contributed by atoms with Crippen LogP contribution in [0.3, 0.4) is 0 Å². The quantitative estimate of drug-likeness (QED) is 0.491. The standard InChI is InChI=1S/C5H6N4O4/c1-7-3-6-5(9(12)13)4(7)2-8(10)11/h3H,2H2,1H3. The number of nitro groups is 2. The molecular formula is C5H6N4O4. The maximum absolute atomic E-state index is 10.3. The summed E-state index contributed by atoms with van der Waals surface area (Å²) in [5.41, 5.74) is -0.00463. The third kappa shape index (κ3) is 1.78. The number of aryl methyl sites for hydroxylation is 1. The normalized spacial score (nSPS) is 9.92. The van der Waals surface area contributed by atoms with Crippen molar-refractivity contribution >= 4 is 5.82 Å². The summed E-state index contributed by atoms with van der Waals surface area (Å²) in [5, 5.41) is 20.5. The van der Waals surface area contributed by atoms with Crippen molar-refractivity contribution in [1.82, 2.24) is 9.55 Å². The maximum Gasteiger partial charge on any atom is 0.391 e. The molecule has 0 N–H and O–H groups in total. The summed E-state index contributed by atoms with van der Waals surface area (Å²) in [5.74, 6) is -0.459. The van der Waals surface area contributed by atoms with E-state index in [1.807, 2.05) is 0 Å². The summed E-state index contributed by atoms with van der Waals surface area (Å²) in [6, 6.07) is 0. The van der Waals surface area contributed by atoms with Crippen molar-refractivity contribution in [3.8, 4) is 0 Å². The van der Waals surface area contributed by atoms with Gasteiger partial charge < -0.3 is 14.7 Å². The highest BCUT2D eigenvalue weighted by molar-refractivity contribution is 5.25. The van der Waals surface area contributed by atoms with Gasteiger partial charge in [0.1, 0.15) is 0 Å². The van der Waals surface area contributed by atoms with E-state index in [1.54, 1.807) is 0 Å². The summed E-state index contributed by atoms with van der Waals surface area (Å²) < 4.78 is 1.26. The Labute approximate surface area is 72.1 Å². The van der Waals surface area contributed by atoms with Crippen molar-refractivity contribution in [3.05, 3.63) is 32.2 Å². The fourth-order valence-electron chi connectivity index (χ4n) is 0.900. The van der Waals surface area contributed by atoms with Crippen LogP contribution >= 0.6 is 0 Å². The summed E-state index contributed by atoms with van der Waals surface area (Å²) >= 11 is 0. The monoisotopic (exact) mass is 186 g/mol. The molecule has 1 aromatic rings. The molecule has 0 radical (unpaired) electrons. The lowest BCUT2D eigenvalue weighted by Gasteiger charge is -1.95. The first-order valence-corrected chi connectivity index (χ1v) is 3.28. The predicted molar refractivity (Wildman–Crippen MR) is 40.6 cm³/mol. The molecule has 0 saturated heterocycles. The lowest BCUT2D eigenvalue weighted by molar-refractivity contribution is -0.499. The third-order valence-electron chi connectivity index (χ3n) is 1.49. The molecule has 0 aromatic carbocycles. The van der Waals surface area contributed by atoms with Crippen molar-refractivity contribution in [2.45, 2.75) is 6.54 Å². The van der Waals surface area contributed by atoms with Gasteiger partial charge in [0.25, 0.3) is 6.54 Å². The fraction of sp³-hybridized carbons (Fsp3) is 0.400. The van der Waals surface area contributed by atoms with Gasteiger partial charge in [-0.3, -0.25) is 10.1 Å². The van der Waals surface area contributed by atoms with E-state index in [0.29, 0.717) is 0 Å². The first-order valence-electron chi connectivity index (χ1n) is 3.28. The van der Waals surface area contributed by atoms with Gasteiger partial charge in [-0.15, -0.1) is 0 Å². The number of imidazole rings is 1. The van der Waals surface area contributed by atoms with Crippen molar-refractivity contribution in [3.63, 3.8) is 0 Å². The zero-order valence-corrected chi connectivity index (χ0v) is 6.71. The zero-order valence-electron chi connectivity index (χ0n) is 6.71. The molecule has 8 heteroatoms. The minimum absolute atomic E-state index is 0.00463. The van der Waals surface area contributed by atoms with Gasteiger partial charge in [-0.25, -0.2) is 0 Å². The van der Waals surface area contributed by atoms with Crippen LogP contribution in [0.25, 0.3) is 0 Å². The van der Waals surface area contributed by atoms with Crippen LogP contribution in [-0.2, 0) is 13.6 Å². The molecule has 0 unspecified atom stereocenters. The molecule has 0 aliphatic rings. The molecule has 0 atom stereocenters. The van der Waals surface area contributed by atoms with Gasteiger partial charge in [0.2, 0.25) is 6.33 Å². The second-order valence-corrected chi connectivity index (χ2v) is 2.37. The van der Waals surface area contributed by atoms with Gasteiger partial charge in [0.05, 0.1) is 0 Å². The van der Waals surface area contributed by atoms with Gasteiger partial charge in [0.15, 0.2) is 5.69 Å². The summed E-state index contributed by atoms with van der Waals surface area (Å²) in [7, 11) is 1.47. The van der Waals surface area contributed by atoms with Gasteiger partial charge in [-0.05, 0) is 9.91 Å². The molecule has 0 amide bonds.